The molecule has 0 spiro atoms. The Morgan fingerprint density at radius 3 is 2.84 bits per heavy atom. The van der Waals surface area contributed by atoms with E-state index in [-0.39, 0.29) is 5.41 Å². The van der Waals surface area contributed by atoms with Crippen molar-refractivity contribution < 1.29 is 4.74 Å². The van der Waals surface area contributed by atoms with E-state index in [1.54, 1.807) is 7.11 Å². The van der Waals surface area contributed by atoms with Gasteiger partial charge in [0.25, 0.3) is 0 Å². The number of aromatic nitrogens is 2. The minimum atomic E-state index is 0.248. The summed E-state index contributed by atoms with van der Waals surface area (Å²) in [6, 6.07) is 0. The lowest BCUT2D eigenvalue weighted by atomic mass is 9.88. The van der Waals surface area contributed by atoms with Gasteiger partial charge in [0.2, 0.25) is 0 Å². The fourth-order valence-corrected chi connectivity index (χ4v) is 2.84. The van der Waals surface area contributed by atoms with Gasteiger partial charge in [-0.15, -0.1) is 0 Å². The number of imidazole rings is 1. The van der Waals surface area contributed by atoms with Crippen molar-refractivity contribution in [1.82, 2.24) is 14.9 Å². The van der Waals surface area contributed by atoms with Gasteiger partial charge in [0.15, 0.2) is 0 Å². The molecule has 0 radical (unpaired) electrons. The summed E-state index contributed by atoms with van der Waals surface area (Å²) in [5, 5.41) is 3.43. The Labute approximate surface area is 116 Å². The Morgan fingerprint density at radius 1 is 1.42 bits per heavy atom. The first kappa shape index (κ1) is 14.5. The van der Waals surface area contributed by atoms with Gasteiger partial charge < -0.3 is 14.6 Å². The quantitative estimate of drug-likeness (QED) is 0.858. The van der Waals surface area contributed by atoms with E-state index >= 15 is 0 Å². The topological polar surface area (TPSA) is 39.1 Å². The fraction of sp³-hybridized carbons (Fsp3) is 0.800. The van der Waals surface area contributed by atoms with E-state index in [1.165, 1.54) is 18.5 Å². The normalized spacial score (nSPS) is 17.8. The molecule has 19 heavy (non-hydrogen) atoms. The average Bonchev–Trinajstić information content (AvgIpc) is 2.85. The van der Waals surface area contributed by atoms with Crippen LogP contribution in [0.4, 0.5) is 0 Å². The Balaban J connectivity index is 2.02. The molecule has 2 heterocycles. The highest BCUT2D eigenvalue weighted by Crippen LogP contribution is 2.29. The lowest BCUT2D eigenvalue weighted by molar-refractivity contribution is 0.141. The first-order valence-electron chi connectivity index (χ1n) is 7.32. The summed E-state index contributed by atoms with van der Waals surface area (Å²) in [5.74, 6) is 0.668. The standard InChI is InChI=1S/C15H27N3O/c1-15(2,6-9-19-3)11-18-12-17-10-14(18)13-4-7-16-8-5-13/h10,12-13,16H,4-9,11H2,1-3H3. The van der Waals surface area contributed by atoms with Crippen LogP contribution in [0, 0.1) is 5.41 Å². The minimum absolute atomic E-state index is 0.248. The van der Waals surface area contributed by atoms with E-state index in [2.05, 4.69) is 34.9 Å². The van der Waals surface area contributed by atoms with Crippen LogP contribution in [-0.4, -0.2) is 36.4 Å². The number of piperidine rings is 1. The van der Waals surface area contributed by atoms with Gasteiger partial charge in [-0.2, -0.15) is 0 Å². The smallest absolute Gasteiger partial charge is 0.0948 e. The van der Waals surface area contributed by atoms with Crippen LogP contribution in [0.2, 0.25) is 0 Å². The van der Waals surface area contributed by atoms with Crippen molar-refractivity contribution in [1.29, 1.82) is 0 Å². The zero-order valence-corrected chi connectivity index (χ0v) is 12.5. The number of methoxy groups -OCH3 is 1. The predicted octanol–water partition coefficient (Wildman–Crippen LogP) is 2.41. The summed E-state index contributed by atoms with van der Waals surface area (Å²) in [7, 11) is 1.77. The van der Waals surface area contributed by atoms with E-state index in [0.29, 0.717) is 5.92 Å². The van der Waals surface area contributed by atoms with E-state index < -0.39 is 0 Å². The molecule has 1 fully saturated rings. The number of nitrogens with zero attached hydrogens (tertiary/aromatic N) is 2. The van der Waals surface area contributed by atoms with Gasteiger partial charge in [0.1, 0.15) is 0 Å². The van der Waals surface area contributed by atoms with Crippen LogP contribution in [0.5, 0.6) is 0 Å². The Kier molecular flexibility index (Phi) is 4.99. The first-order chi connectivity index (χ1) is 9.12. The molecule has 2 rings (SSSR count). The minimum Gasteiger partial charge on any atom is -0.385 e. The molecular weight excluding hydrogens is 238 g/mol. The van der Waals surface area contributed by atoms with Crippen LogP contribution < -0.4 is 5.32 Å². The number of ether oxygens (including phenoxy) is 1. The van der Waals surface area contributed by atoms with Crippen molar-refractivity contribution in [2.24, 2.45) is 5.41 Å². The molecule has 0 amide bonds. The molecule has 0 atom stereocenters. The summed E-state index contributed by atoms with van der Waals surface area (Å²) in [4.78, 5) is 4.37. The van der Waals surface area contributed by atoms with Crippen LogP contribution >= 0.6 is 0 Å². The number of hydrogen-bond donors (Lipinski definition) is 1. The highest BCUT2D eigenvalue weighted by molar-refractivity contribution is 5.08. The van der Waals surface area contributed by atoms with Gasteiger partial charge in [-0.05, 0) is 37.8 Å². The van der Waals surface area contributed by atoms with Crippen molar-refractivity contribution >= 4 is 0 Å². The third kappa shape index (κ3) is 4.05. The maximum absolute atomic E-state index is 5.21. The van der Waals surface area contributed by atoms with Crippen LogP contribution in [0.3, 0.4) is 0 Å². The van der Waals surface area contributed by atoms with Crippen LogP contribution in [-0.2, 0) is 11.3 Å². The molecule has 4 nitrogen and oxygen atoms in total. The number of hydrogen-bond acceptors (Lipinski definition) is 3. The molecule has 1 N–H and O–H groups in total. The van der Waals surface area contributed by atoms with Crippen molar-refractivity contribution in [2.45, 2.75) is 45.6 Å². The SMILES string of the molecule is COCCC(C)(C)Cn1cncc1C1CCNCC1. The molecule has 4 heteroatoms. The fourth-order valence-electron chi connectivity index (χ4n) is 2.84. The largest absolute Gasteiger partial charge is 0.385 e. The van der Waals surface area contributed by atoms with Crippen LogP contribution in [0.15, 0.2) is 12.5 Å². The van der Waals surface area contributed by atoms with E-state index in [1.807, 2.05) is 6.33 Å². The molecule has 1 saturated heterocycles. The zero-order chi connectivity index (χ0) is 13.7. The molecule has 1 aromatic heterocycles. The van der Waals surface area contributed by atoms with E-state index in [9.17, 15) is 0 Å². The summed E-state index contributed by atoms with van der Waals surface area (Å²) in [5.41, 5.74) is 1.66. The Morgan fingerprint density at radius 2 is 2.16 bits per heavy atom. The Hall–Kier alpha value is -0.870. The number of nitrogens with one attached hydrogen (secondary N) is 1. The van der Waals surface area contributed by atoms with E-state index in [0.717, 1.165) is 32.7 Å². The second-order valence-electron chi connectivity index (χ2n) is 6.38. The maximum atomic E-state index is 5.21. The lowest BCUT2D eigenvalue weighted by Crippen LogP contribution is -2.29. The van der Waals surface area contributed by atoms with Gasteiger partial charge in [-0.3, -0.25) is 0 Å². The van der Waals surface area contributed by atoms with Crippen LogP contribution in [0.25, 0.3) is 0 Å². The number of rotatable bonds is 6. The summed E-state index contributed by atoms with van der Waals surface area (Å²) in [6.07, 6.45) is 7.58. The summed E-state index contributed by atoms with van der Waals surface area (Å²) in [6.45, 7) is 8.71. The highest BCUT2D eigenvalue weighted by atomic mass is 16.5. The molecule has 1 aliphatic rings. The Bertz CT molecular complexity index is 380. The van der Waals surface area contributed by atoms with Crippen LogP contribution in [0.1, 0.15) is 44.7 Å². The van der Waals surface area contributed by atoms with Crippen molar-refractivity contribution in [3.63, 3.8) is 0 Å². The van der Waals surface area contributed by atoms with Gasteiger partial charge in [-0.1, -0.05) is 13.8 Å². The summed E-state index contributed by atoms with van der Waals surface area (Å²) >= 11 is 0. The molecule has 0 bridgehead atoms. The zero-order valence-electron chi connectivity index (χ0n) is 12.5. The van der Waals surface area contributed by atoms with E-state index in [4.69, 9.17) is 4.74 Å². The van der Waals surface area contributed by atoms with Crippen molar-refractivity contribution in [2.75, 3.05) is 26.8 Å². The molecule has 1 aliphatic heterocycles. The molecule has 108 valence electrons. The van der Waals surface area contributed by atoms with Crippen molar-refractivity contribution in [3.8, 4) is 0 Å². The molecule has 0 unspecified atom stereocenters. The van der Waals surface area contributed by atoms with Crippen molar-refractivity contribution in [3.05, 3.63) is 18.2 Å². The molecule has 0 saturated carbocycles. The predicted molar refractivity (Wildman–Crippen MR) is 77.3 cm³/mol. The van der Waals surface area contributed by atoms with Gasteiger partial charge in [0.05, 0.1) is 6.33 Å². The van der Waals surface area contributed by atoms with Gasteiger partial charge in [-0.25, -0.2) is 4.98 Å². The first-order valence-corrected chi connectivity index (χ1v) is 7.32. The molecule has 0 aromatic carbocycles. The third-order valence-electron chi connectivity index (χ3n) is 4.08. The van der Waals surface area contributed by atoms with Gasteiger partial charge >= 0.3 is 0 Å². The lowest BCUT2D eigenvalue weighted by Gasteiger charge is -2.29. The maximum Gasteiger partial charge on any atom is 0.0948 e. The molecule has 1 aromatic rings. The highest BCUT2D eigenvalue weighted by Gasteiger charge is 2.23. The monoisotopic (exact) mass is 265 g/mol. The third-order valence-corrected chi connectivity index (χ3v) is 4.08. The molecule has 0 aliphatic carbocycles. The summed E-state index contributed by atoms with van der Waals surface area (Å²) < 4.78 is 7.56. The average molecular weight is 265 g/mol. The second kappa shape index (κ2) is 6.53. The second-order valence-corrected chi connectivity index (χ2v) is 6.38. The molecular formula is C15H27N3O. The van der Waals surface area contributed by atoms with Gasteiger partial charge in [0, 0.05) is 38.1 Å².